The van der Waals surface area contributed by atoms with Gasteiger partial charge in [0.25, 0.3) is 0 Å². The molecule has 0 unspecified atom stereocenters. The summed E-state index contributed by atoms with van der Waals surface area (Å²) in [6.07, 6.45) is 0.666. The molecule has 0 saturated carbocycles. The van der Waals surface area contributed by atoms with Crippen LogP contribution in [0.3, 0.4) is 0 Å². The van der Waals surface area contributed by atoms with Crippen molar-refractivity contribution in [3.63, 3.8) is 0 Å². The Hall–Kier alpha value is -2.52. The third-order valence-electron chi connectivity index (χ3n) is 3.53. The van der Waals surface area contributed by atoms with Gasteiger partial charge in [-0.3, -0.25) is 4.79 Å². The lowest BCUT2D eigenvalue weighted by molar-refractivity contribution is -0.121. The average molecular weight is 384 g/mol. The zero-order valence-electron chi connectivity index (χ0n) is 13.7. The van der Waals surface area contributed by atoms with E-state index in [1.54, 1.807) is 24.3 Å². The summed E-state index contributed by atoms with van der Waals surface area (Å²) >= 11 is 0. The van der Waals surface area contributed by atoms with Gasteiger partial charge in [-0.05, 0) is 41.8 Å². The maximum absolute atomic E-state index is 12.1. The summed E-state index contributed by atoms with van der Waals surface area (Å²) in [6, 6.07) is 12.0. The Balaban J connectivity index is 1.78. The van der Waals surface area contributed by atoms with Crippen molar-refractivity contribution in [3.05, 3.63) is 59.7 Å². The van der Waals surface area contributed by atoms with Crippen molar-refractivity contribution in [2.45, 2.75) is 30.9 Å². The Morgan fingerprint density at radius 2 is 1.62 bits per heavy atom. The van der Waals surface area contributed by atoms with E-state index in [-0.39, 0.29) is 29.5 Å². The maximum Gasteiger partial charge on any atom is 0.387 e. The third kappa shape index (κ3) is 6.41. The van der Waals surface area contributed by atoms with E-state index in [9.17, 15) is 22.0 Å². The number of hydrogen-bond acceptors (Lipinski definition) is 4. The van der Waals surface area contributed by atoms with Crippen LogP contribution in [0.4, 0.5) is 8.78 Å². The number of hydrogen-bond donors (Lipinski definition) is 2. The van der Waals surface area contributed by atoms with Crippen molar-refractivity contribution in [2.75, 3.05) is 0 Å². The Bertz CT molecular complexity index is 838. The van der Waals surface area contributed by atoms with Crippen LogP contribution in [0.15, 0.2) is 53.4 Å². The average Bonchev–Trinajstić information content (AvgIpc) is 2.58. The highest BCUT2D eigenvalue weighted by Gasteiger charge is 2.08. The van der Waals surface area contributed by atoms with Gasteiger partial charge in [0, 0.05) is 13.0 Å². The molecule has 0 heterocycles. The molecule has 6 nitrogen and oxygen atoms in total. The van der Waals surface area contributed by atoms with E-state index in [1.165, 1.54) is 24.3 Å². The SMILES string of the molecule is NS(=O)(=O)c1ccc(CCC(=O)NCc2ccc(OC(F)F)cc2)cc1. The van der Waals surface area contributed by atoms with Crippen molar-refractivity contribution in [1.82, 2.24) is 5.32 Å². The van der Waals surface area contributed by atoms with Gasteiger partial charge in [-0.1, -0.05) is 24.3 Å². The first-order valence-electron chi connectivity index (χ1n) is 7.66. The first kappa shape index (κ1) is 19.8. The van der Waals surface area contributed by atoms with Crippen LogP contribution in [0.1, 0.15) is 17.5 Å². The third-order valence-corrected chi connectivity index (χ3v) is 4.46. The summed E-state index contributed by atoms with van der Waals surface area (Å²) in [7, 11) is -3.73. The van der Waals surface area contributed by atoms with E-state index in [1.807, 2.05) is 0 Å². The molecule has 2 rings (SSSR count). The van der Waals surface area contributed by atoms with E-state index in [0.717, 1.165) is 11.1 Å². The highest BCUT2D eigenvalue weighted by atomic mass is 32.2. The highest BCUT2D eigenvalue weighted by Crippen LogP contribution is 2.15. The molecule has 0 spiro atoms. The fraction of sp³-hybridized carbons (Fsp3) is 0.235. The summed E-state index contributed by atoms with van der Waals surface area (Å²) in [5, 5.41) is 7.74. The second-order valence-corrected chi connectivity index (χ2v) is 7.05. The number of halogens is 2. The van der Waals surface area contributed by atoms with Gasteiger partial charge >= 0.3 is 6.61 Å². The molecule has 0 saturated heterocycles. The monoisotopic (exact) mass is 384 g/mol. The number of carbonyl (C=O) groups is 1. The van der Waals surface area contributed by atoms with Crippen LogP contribution in [0.25, 0.3) is 0 Å². The van der Waals surface area contributed by atoms with Crippen molar-refractivity contribution >= 4 is 15.9 Å². The topological polar surface area (TPSA) is 98.5 Å². The van der Waals surface area contributed by atoms with Gasteiger partial charge in [-0.25, -0.2) is 13.6 Å². The van der Waals surface area contributed by atoms with Gasteiger partial charge in [-0.2, -0.15) is 8.78 Å². The van der Waals surface area contributed by atoms with Gasteiger partial charge in [0.2, 0.25) is 15.9 Å². The largest absolute Gasteiger partial charge is 0.435 e. The number of alkyl halides is 2. The first-order chi connectivity index (χ1) is 12.2. The lowest BCUT2D eigenvalue weighted by Crippen LogP contribution is -2.23. The minimum absolute atomic E-state index is 0.0185. The van der Waals surface area contributed by atoms with Crippen LogP contribution in [-0.2, 0) is 27.8 Å². The maximum atomic E-state index is 12.1. The van der Waals surface area contributed by atoms with Crippen LogP contribution in [0.2, 0.25) is 0 Å². The number of rotatable bonds is 8. The van der Waals surface area contributed by atoms with Crippen molar-refractivity contribution in [1.29, 1.82) is 0 Å². The molecule has 0 fully saturated rings. The predicted octanol–water partition coefficient (Wildman–Crippen LogP) is 2.18. The second-order valence-electron chi connectivity index (χ2n) is 5.49. The first-order valence-corrected chi connectivity index (χ1v) is 9.21. The zero-order valence-corrected chi connectivity index (χ0v) is 14.5. The molecule has 2 aromatic carbocycles. The standard InChI is InChI=1S/C17H18F2N2O4S/c18-17(19)25-14-6-1-13(2-7-14)11-21-16(22)10-5-12-3-8-15(9-4-12)26(20,23)24/h1-4,6-9,17H,5,10-11H2,(H,21,22)(H2,20,23,24). The lowest BCUT2D eigenvalue weighted by atomic mass is 10.1. The Morgan fingerprint density at radius 1 is 1.04 bits per heavy atom. The quantitative estimate of drug-likeness (QED) is 0.729. The van der Waals surface area contributed by atoms with E-state index >= 15 is 0 Å². The molecule has 1 amide bonds. The van der Waals surface area contributed by atoms with Gasteiger partial charge in [0.1, 0.15) is 5.75 Å². The molecule has 0 atom stereocenters. The van der Waals surface area contributed by atoms with Crippen molar-refractivity contribution < 1.29 is 26.7 Å². The van der Waals surface area contributed by atoms with Gasteiger partial charge in [0.05, 0.1) is 4.90 Å². The smallest absolute Gasteiger partial charge is 0.387 e. The molecule has 140 valence electrons. The Kier molecular flexibility index (Phi) is 6.64. The summed E-state index contributed by atoms with van der Waals surface area (Å²) in [5.74, 6) is -0.133. The number of ether oxygens (including phenoxy) is 1. The molecule has 3 N–H and O–H groups in total. The summed E-state index contributed by atoms with van der Waals surface area (Å²) in [5.41, 5.74) is 1.55. The molecule has 0 aliphatic carbocycles. The molecule has 0 bridgehead atoms. The summed E-state index contributed by atoms with van der Waals surface area (Å²) in [4.78, 5) is 11.9. The summed E-state index contributed by atoms with van der Waals surface area (Å²) in [6.45, 7) is -2.61. The molecule has 9 heteroatoms. The molecule has 0 radical (unpaired) electrons. The molecular weight excluding hydrogens is 366 g/mol. The summed E-state index contributed by atoms with van der Waals surface area (Å²) < 4.78 is 50.7. The zero-order chi connectivity index (χ0) is 19.2. The number of nitrogens with two attached hydrogens (primary N) is 1. The number of amides is 1. The van der Waals surface area contributed by atoms with E-state index in [2.05, 4.69) is 10.1 Å². The molecule has 0 aliphatic heterocycles. The van der Waals surface area contributed by atoms with Gasteiger partial charge < -0.3 is 10.1 Å². The van der Waals surface area contributed by atoms with Crippen LogP contribution in [0.5, 0.6) is 5.75 Å². The molecule has 0 aromatic heterocycles. The molecule has 2 aromatic rings. The fourth-order valence-electron chi connectivity index (χ4n) is 2.18. The minimum Gasteiger partial charge on any atom is -0.435 e. The van der Waals surface area contributed by atoms with Gasteiger partial charge in [0.15, 0.2) is 0 Å². The minimum atomic E-state index is -3.73. The second kappa shape index (κ2) is 8.72. The molecule has 26 heavy (non-hydrogen) atoms. The fourth-order valence-corrected chi connectivity index (χ4v) is 2.70. The van der Waals surface area contributed by atoms with Crippen molar-refractivity contribution in [3.8, 4) is 5.75 Å². The molecular formula is C17H18F2N2O4S. The van der Waals surface area contributed by atoms with Crippen LogP contribution in [0, 0.1) is 0 Å². The highest BCUT2D eigenvalue weighted by molar-refractivity contribution is 7.89. The van der Waals surface area contributed by atoms with E-state index in [4.69, 9.17) is 5.14 Å². The number of nitrogens with one attached hydrogen (secondary N) is 1. The molecule has 0 aliphatic rings. The van der Waals surface area contributed by atoms with Gasteiger partial charge in [-0.15, -0.1) is 0 Å². The van der Waals surface area contributed by atoms with Crippen molar-refractivity contribution in [2.24, 2.45) is 5.14 Å². The number of primary sulfonamides is 1. The number of benzene rings is 2. The van der Waals surface area contributed by atoms with E-state index in [0.29, 0.717) is 6.42 Å². The van der Waals surface area contributed by atoms with Crippen LogP contribution < -0.4 is 15.2 Å². The number of sulfonamides is 1. The normalized spacial score (nSPS) is 11.4. The lowest BCUT2D eigenvalue weighted by Gasteiger charge is -2.08. The number of aryl methyl sites for hydroxylation is 1. The predicted molar refractivity (Wildman–Crippen MR) is 91.1 cm³/mol. The number of carbonyl (C=O) groups excluding carboxylic acids is 1. The Labute approximate surface area is 150 Å². The Morgan fingerprint density at radius 3 is 2.15 bits per heavy atom. The van der Waals surface area contributed by atoms with Crippen LogP contribution in [-0.4, -0.2) is 20.9 Å². The van der Waals surface area contributed by atoms with Crippen LogP contribution >= 0.6 is 0 Å². The van der Waals surface area contributed by atoms with E-state index < -0.39 is 16.6 Å².